The molecule has 0 unspecified atom stereocenters. The molecule has 144 heavy (non-hydrogen) atoms. The van der Waals surface area contributed by atoms with Crippen LogP contribution in [-0.4, -0.2) is 350 Å². The van der Waals surface area contributed by atoms with Gasteiger partial charge in [0, 0.05) is 196 Å². The monoisotopic (exact) mass is 2010 g/mol. The van der Waals surface area contributed by atoms with E-state index in [-0.39, 0.29) is 196 Å². The van der Waals surface area contributed by atoms with Gasteiger partial charge in [-0.05, 0) is 152 Å². The molecule has 6 aliphatic heterocycles. The van der Waals surface area contributed by atoms with Crippen molar-refractivity contribution >= 4 is 137 Å². The Morgan fingerprint density at radius 3 is 0.833 bits per heavy atom. The van der Waals surface area contributed by atoms with E-state index in [0.717, 1.165) is 34.3 Å². The van der Waals surface area contributed by atoms with Gasteiger partial charge in [0.2, 0.25) is 0 Å². The minimum atomic E-state index is -3.23. The van der Waals surface area contributed by atoms with Crippen LogP contribution in [0.3, 0.4) is 0 Å². The molecule has 18 heterocycles. The second-order valence-corrected chi connectivity index (χ2v) is 33.2. The summed E-state index contributed by atoms with van der Waals surface area (Å²) in [6.45, 7) is 6.50. The maximum absolute atomic E-state index is 12.7. The van der Waals surface area contributed by atoms with Gasteiger partial charge in [0.1, 0.15) is 131 Å². The normalized spacial score (nSPS) is 31.1. The molecule has 18 rings (SSSR count). The van der Waals surface area contributed by atoms with Gasteiger partial charge in [-0.1, -0.05) is 41.3 Å². The van der Waals surface area contributed by atoms with Crippen LogP contribution in [0.4, 0.5) is 34.9 Å². The highest BCUT2D eigenvalue weighted by atomic mass is 16.2. The lowest BCUT2D eigenvalue weighted by atomic mass is 9.92. The van der Waals surface area contributed by atoms with Crippen molar-refractivity contribution < 1.29 is 107 Å². The number of hydrogen-bond acceptors (Lipinski definition) is 24. The summed E-state index contributed by atoms with van der Waals surface area (Å²) in [6.07, 6.45) is -4.52. The van der Waals surface area contributed by atoms with Gasteiger partial charge in [0.25, 0.3) is 39.0 Å². The molecule has 0 aromatic carbocycles. The van der Waals surface area contributed by atoms with Crippen molar-refractivity contribution in [1.29, 1.82) is 0 Å². The van der Waals surface area contributed by atoms with Crippen LogP contribution in [0.1, 0.15) is 192 Å². The summed E-state index contributed by atoms with van der Waals surface area (Å²) < 4.78 is 462. The molecule has 0 radical (unpaired) electrons. The summed E-state index contributed by atoms with van der Waals surface area (Å²) in [7, 11) is 0. The molecule has 6 N–H and O–H groups in total. The Labute approximate surface area is 920 Å². The molecule has 42 heteroatoms. The zero-order valence-electron chi connectivity index (χ0n) is 136. The number of H-pyrrole nitrogens is 6. The fourth-order valence-electron chi connectivity index (χ4n) is 16.2. The number of hydrogen-bond donors (Lipinski definition) is 6. The average Bonchev–Trinajstić information content (AvgIpc) is 1.71. The molecule has 6 saturated heterocycles. The Bertz CT molecular complexity index is 9710. The summed E-state index contributed by atoms with van der Waals surface area (Å²) in [5.74, 6) is -18.8. The summed E-state index contributed by atoms with van der Waals surface area (Å²) in [4.78, 5) is 165. The number of nitrogens with one attached hydrogen (secondary N) is 6. The maximum Gasteiger partial charge on any atom is 0.302 e. The highest BCUT2D eigenvalue weighted by molar-refractivity contribution is 5.94. The number of piperidine rings is 6. The van der Waals surface area contributed by atoms with E-state index in [1.807, 2.05) is 0 Å². The van der Waals surface area contributed by atoms with Crippen LogP contribution in [0.2, 0.25) is 0 Å². The number of rotatable bonds is 18. The largest absolute Gasteiger partial charge is 0.354 e. The van der Waals surface area contributed by atoms with Crippen molar-refractivity contribution in [1.82, 2.24) is 119 Å². The van der Waals surface area contributed by atoms with Crippen LogP contribution in [0.25, 0.3) is 95.3 Å². The van der Waals surface area contributed by atoms with E-state index < -0.39 is 316 Å². The molecular formula is C102H132N36O6. The van der Waals surface area contributed by atoms with Crippen LogP contribution < -0.4 is 29.4 Å². The zero-order chi connectivity index (χ0) is 153. The Morgan fingerprint density at radius 2 is 0.542 bits per heavy atom. The summed E-state index contributed by atoms with van der Waals surface area (Å²) >= 11 is 0. The quantitative estimate of drug-likeness (QED) is 0.0435. The molecule has 0 saturated carbocycles. The van der Waals surface area contributed by atoms with E-state index in [1.54, 1.807) is 34.6 Å². The fourth-order valence-corrected chi connectivity index (χ4v) is 16.2. The molecule has 0 spiro atoms. The number of carbonyl (C=O) groups excluding carboxylic acids is 6. The number of aromatic amines is 6. The lowest BCUT2D eigenvalue weighted by molar-refractivity contribution is -0.131. The van der Waals surface area contributed by atoms with Crippen molar-refractivity contribution in [3.63, 3.8) is 0 Å². The Balaban J connectivity index is 0.000000194. The van der Waals surface area contributed by atoms with Gasteiger partial charge in [-0.15, -0.1) is 0 Å². The fraction of sp³-hybridized carbons (Fsp3) is 0.529. The van der Waals surface area contributed by atoms with Gasteiger partial charge in [-0.3, -0.25) is 28.8 Å². The first kappa shape index (κ1) is 53.4. The minimum absolute atomic E-state index is 0.0186. The second-order valence-electron chi connectivity index (χ2n) is 33.2. The number of fused-ring (bicyclic) bond motifs is 6. The Hall–Kier alpha value is -15.7. The Kier molecular flexibility index (Phi) is 17.7. The van der Waals surface area contributed by atoms with E-state index in [0.29, 0.717) is 47.3 Å². The van der Waals surface area contributed by atoms with Crippen LogP contribution in [-0.2, 0) is 28.8 Å². The van der Waals surface area contributed by atoms with Crippen molar-refractivity contribution in [2.24, 2.45) is 35.4 Å². The molecule has 12 atom stereocenters. The zero-order valence-corrected chi connectivity index (χ0v) is 78.6. The Morgan fingerprint density at radius 1 is 0.312 bits per heavy atom. The molecule has 756 valence electrons. The first-order valence-corrected chi connectivity index (χ1v) is 43.8. The van der Waals surface area contributed by atoms with Crippen LogP contribution in [0.15, 0.2) is 74.1 Å². The second kappa shape index (κ2) is 47.7. The van der Waals surface area contributed by atoms with E-state index >= 15 is 0 Å². The van der Waals surface area contributed by atoms with Gasteiger partial charge in [0.15, 0.2) is 0 Å². The van der Waals surface area contributed by atoms with Gasteiger partial charge in [-0.2, -0.15) is 0 Å². The molecule has 6 fully saturated rings. The summed E-state index contributed by atoms with van der Waals surface area (Å²) in [6, 6.07) is -12.3. The number of anilines is 6. The molecule has 6 amide bonds. The average molecular weight is 2020 g/mol. The van der Waals surface area contributed by atoms with Crippen LogP contribution in [0.5, 0.6) is 0 Å². The number of nitrogens with zero attached hydrogens (tertiary/aromatic N) is 30. The lowest BCUT2D eigenvalue weighted by Gasteiger charge is -2.41. The minimum Gasteiger partial charge on any atom is -0.354 e. The number of carbonyl (C=O) groups is 6. The number of aryl methyl sites for hydroxylation is 6. The van der Waals surface area contributed by atoms with Crippen molar-refractivity contribution in [3.05, 3.63) is 177 Å². The first-order chi connectivity index (χ1) is 91.4. The smallest absolute Gasteiger partial charge is 0.302 e. The van der Waals surface area contributed by atoms with Crippen molar-refractivity contribution in [2.45, 2.75) is 158 Å². The predicted molar refractivity (Wildman–Crippen MR) is 556 cm³/mol. The molecular weight excluding hydrogens is 1830 g/mol. The first-order valence-electron chi connectivity index (χ1n) is 72.3. The number of aromatic nitrogens is 18. The molecule has 42 nitrogen and oxygen atoms in total. The third-order valence-corrected chi connectivity index (χ3v) is 23.7. The van der Waals surface area contributed by atoms with Gasteiger partial charge in [-0.25, -0.2) is 99.2 Å². The standard InChI is InChI=1S/6C17H22N6O/c6*1-11-5-6-23(15(24)8-18-3)9-14(11)22(4)17-13-7-12(2)21-16(13)19-10-20-17/h6*7,10-11,14H,5-6,8-9H2,1-2,4H3,(H,19,20,21)/t6*11-,14+/m111111/s1/i4D3,7D,8D2,10D,11D,14D;1D3,4D3,7D,8D2,10D,14D;1D3,4D3,7D,8D2,10D,11D;4D3,7D,8D2,10D,14D;4D3,7D,8D2,10D,11D;1D3,4D3,7D,8D2,10D. The van der Waals surface area contributed by atoms with Crippen molar-refractivity contribution in [3.8, 4) is 0 Å². The third kappa shape index (κ3) is 24.5. The van der Waals surface area contributed by atoms with Gasteiger partial charge in [0.05, 0.1) is 80.8 Å². The lowest BCUT2D eigenvalue weighted by Crippen LogP contribution is -2.53. The van der Waals surface area contributed by atoms with Crippen LogP contribution >= 0.6 is 0 Å². The van der Waals surface area contributed by atoms with Gasteiger partial charge < -0.3 is 118 Å². The van der Waals surface area contributed by atoms with Crippen LogP contribution in [0, 0.1) is 116 Å². The van der Waals surface area contributed by atoms with Crippen molar-refractivity contribution in [2.75, 3.05) is 189 Å². The SMILES string of the molecule is [2H]c1nc(N(C([2H])([2H])[2H])[C@@]2([2H])CN(C(=O)C([2H])([2H])[N+]#[C-])CC[C@@]2([2H])C)c2c([2H])c(C)[nH]c2n1.[2H]c1nc(N(C([2H])([2H])[2H])[C@@]2([2H])CN(C(=O)C([2H])([2H])[N+]#[C-])CC[C@H]2C([2H])([2H])[2H])c2c([2H])c(C)[nH]c2n1.[2H]c1nc(N(C([2H])([2H])[2H])[C@@]2([2H])CN(C(=O)C([2H])([2H])[N+]#[C-])CC[C@H]2C)c2c([2H])c(C)[nH]c2n1.[2H]c1nc(N([C@H]2CN(C(=O)C([2H])([2H])[N+]#[C-])CC[C@@]2([2H])C([2H])([2H])[2H])C([2H])([2H])[2H])c2c([2H])c(C)[nH]c2n1.[2H]c1nc(N([C@H]2CN(C(=O)C([2H])([2H])[N+]#[C-])CC[C@@]2([2H])C)C([2H])([2H])[2H])c2c([2H])c(C)[nH]c2n1.[2H]c1nc(N([C@H]2CN(C(=O)C([2H])([2H])[N+]#[C-])CC[C@H]2C([2H])([2H])[2H])C([2H])([2H])[2H])c2c([2H])c(C)[nH]c2n1. The highest BCUT2D eigenvalue weighted by Crippen LogP contribution is 2.38. The predicted octanol–water partition coefficient (Wildman–Crippen LogP) is 11.2. The highest BCUT2D eigenvalue weighted by Gasteiger charge is 2.41. The summed E-state index contributed by atoms with van der Waals surface area (Å²) in [5.41, 5.74) is 2.14. The molecule has 0 aliphatic carbocycles. The number of likely N-dealkylation sites (tertiary alicyclic amines) is 6. The number of likely N-dealkylation sites (N-methyl/N-ethyl adjacent to an activating group) is 6. The van der Waals surface area contributed by atoms with E-state index in [2.05, 4.69) is 119 Å². The number of amides is 6. The molecule has 6 aliphatic rings. The van der Waals surface area contributed by atoms with Gasteiger partial charge >= 0.3 is 35.4 Å². The third-order valence-electron chi connectivity index (χ3n) is 23.7. The molecule has 0 bridgehead atoms. The van der Waals surface area contributed by atoms with E-state index in [4.69, 9.17) is 115 Å². The maximum atomic E-state index is 12.7. The molecule has 12 aromatic rings. The topological polar surface area (TPSA) is 417 Å². The summed E-state index contributed by atoms with van der Waals surface area (Å²) in [5, 5.41) is -0.220. The molecule has 12 aromatic heterocycles. The van der Waals surface area contributed by atoms with E-state index in [1.165, 1.54) is 27.7 Å². The van der Waals surface area contributed by atoms with E-state index in [9.17, 15) is 31.5 Å².